The minimum absolute atomic E-state index is 0.0609. The minimum Gasteiger partial charge on any atom is -0.382 e. The summed E-state index contributed by atoms with van der Waals surface area (Å²) in [7, 11) is 1.58. The van der Waals surface area contributed by atoms with Crippen LogP contribution in [0.1, 0.15) is 75.0 Å². The predicted octanol–water partition coefficient (Wildman–Crippen LogP) is 6.97. The Kier molecular flexibility index (Phi) is 7.71. The molecule has 0 radical (unpaired) electrons. The fourth-order valence-electron chi connectivity index (χ4n) is 5.44. The zero-order valence-electron chi connectivity index (χ0n) is 21.1. The van der Waals surface area contributed by atoms with E-state index in [9.17, 15) is 31.1 Å². The predicted molar refractivity (Wildman–Crippen MR) is 131 cm³/mol. The summed E-state index contributed by atoms with van der Waals surface area (Å²) in [6, 6.07) is 5.98. The van der Waals surface area contributed by atoms with Crippen molar-refractivity contribution in [2.45, 2.75) is 88.7 Å². The van der Waals surface area contributed by atoms with E-state index in [1.165, 1.54) is 0 Å². The number of methoxy groups -OCH3 is 1. The van der Waals surface area contributed by atoms with Crippen LogP contribution < -0.4 is 0 Å². The molecule has 0 aromatic heterocycles. The van der Waals surface area contributed by atoms with Gasteiger partial charge in [0.2, 0.25) is 0 Å². The number of benzene rings is 1. The first-order valence-corrected chi connectivity index (χ1v) is 13.5. The summed E-state index contributed by atoms with van der Waals surface area (Å²) in [6.45, 7) is 3.14. The van der Waals surface area contributed by atoms with Crippen LogP contribution in [0.4, 0.5) is 26.3 Å². The van der Waals surface area contributed by atoms with Gasteiger partial charge in [0.1, 0.15) is 0 Å². The molecule has 3 atom stereocenters. The number of rotatable bonds is 9. The summed E-state index contributed by atoms with van der Waals surface area (Å²) in [6.07, 6.45) is -7.79. The number of fused-ring (bicyclic) bond motifs is 2. The highest BCUT2D eigenvalue weighted by Crippen LogP contribution is 2.59. The van der Waals surface area contributed by atoms with Crippen LogP contribution in [0.3, 0.4) is 0 Å². The number of halogens is 6. The largest absolute Gasteiger partial charge is 0.390 e. The van der Waals surface area contributed by atoms with E-state index < -0.39 is 54.4 Å². The van der Waals surface area contributed by atoms with E-state index in [2.05, 4.69) is 0 Å². The summed E-state index contributed by atoms with van der Waals surface area (Å²) in [5.41, 5.74) is 0.400. The van der Waals surface area contributed by atoms with Crippen LogP contribution in [-0.4, -0.2) is 53.8 Å². The van der Waals surface area contributed by atoms with Crippen molar-refractivity contribution >= 4 is 22.8 Å². The highest BCUT2D eigenvalue weighted by atomic mass is 32.2. The van der Waals surface area contributed by atoms with Crippen LogP contribution in [0.2, 0.25) is 0 Å². The Morgan fingerprint density at radius 3 is 2.43 bits per heavy atom. The summed E-state index contributed by atoms with van der Waals surface area (Å²) in [5, 5.41) is -0.0609. The van der Waals surface area contributed by atoms with Gasteiger partial charge >= 0.3 is 12.4 Å². The lowest BCUT2D eigenvalue weighted by Crippen LogP contribution is -2.49. The molecule has 3 aliphatic rings. The molecule has 1 aromatic carbocycles. The molecule has 1 spiro atoms. The molecule has 37 heavy (non-hydrogen) atoms. The quantitative estimate of drug-likeness (QED) is 0.312. The fourth-order valence-corrected chi connectivity index (χ4v) is 6.49. The number of carbonyl (C=O) groups is 1. The normalized spacial score (nSPS) is 26.7. The van der Waals surface area contributed by atoms with Crippen LogP contribution in [0.25, 0.3) is 0 Å². The Morgan fingerprint density at radius 2 is 1.84 bits per heavy atom. The third-order valence-electron chi connectivity index (χ3n) is 7.82. The lowest BCUT2D eigenvalue weighted by Gasteiger charge is -2.38. The van der Waals surface area contributed by atoms with Gasteiger partial charge in [0, 0.05) is 24.8 Å². The maximum absolute atomic E-state index is 14.2. The third kappa shape index (κ3) is 5.82. The van der Waals surface area contributed by atoms with Crippen LogP contribution in [0.15, 0.2) is 23.2 Å². The smallest absolute Gasteiger partial charge is 0.382 e. The van der Waals surface area contributed by atoms with Gasteiger partial charge in [-0.1, -0.05) is 36.9 Å². The van der Waals surface area contributed by atoms with Gasteiger partial charge in [-0.25, -0.2) is 4.99 Å². The van der Waals surface area contributed by atoms with Crippen LogP contribution in [0, 0.1) is 5.41 Å². The molecule has 4 nitrogen and oxygen atoms in total. The number of aliphatic imine (C=N–C) groups is 1. The molecule has 3 unspecified atom stereocenters. The Hall–Kier alpha value is -1.75. The fraction of sp³-hybridized carbons (Fsp3) is 0.692. The van der Waals surface area contributed by atoms with Crippen LogP contribution in [0.5, 0.6) is 0 Å². The monoisotopic (exact) mass is 550 g/mol. The second-order valence-electron chi connectivity index (χ2n) is 10.7. The molecule has 1 aromatic rings. The minimum atomic E-state index is -4.53. The van der Waals surface area contributed by atoms with Crippen molar-refractivity contribution in [3.63, 3.8) is 0 Å². The highest BCUT2D eigenvalue weighted by Gasteiger charge is 2.64. The molecule has 1 fully saturated rings. The maximum atomic E-state index is 14.2. The number of amidine groups is 1. The molecule has 11 heteroatoms. The van der Waals surface area contributed by atoms with Gasteiger partial charge < -0.3 is 4.74 Å². The van der Waals surface area contributed by atoms with Gasteiger partial charge in [0.05, 0.1) is 18.9 Å². The van der Waals surface area contributed by atoms with E-state index in [1.807, 2.05) is 32.0 Å². The van der Waals surface area contributed by atoms with Crippen molar-refractivity contribution < 1.29 is 35.9 Å². The van der Waals surface area contributed by atoms with Gasteiger partial charge in [-0.15, -0.1) is 0 Å². The van der Waals surface area contributed by atoms with Gasteiger partial charge in [0.25, 0.3) is 5.91 Å². The van der Waals surface area contributed by atoms with E-state index in [0.717, 1.165) is 28.9 Å². The molecule has 1 saturated carbocycles. The maximum Gasteiger partial charge on any atom is 0.390 e. The Morgan fingerprint density at radius 1 is 1.16 bits per heavy atom. The average Bonchev–Trinajstić information content (AvgIpc) is 3.56. The van der Waals surface area contributed by atoms with Gasteiger partial charge in [0.15, 0.2) is 10.7 Å². The molecule has 0 bridgehead atoms. The van der Waals surface area contributed by atoms with Crippen LogP contribution >= 0.6 is 11.8 Å². The van der Waals surface area contributed by atoms with E-state index in [4.69, 9.17) is 9.73 Å². The van der Waals surface area contributed by atoms with Crippen LogP contribution in [-0.2, 0) is 21.5 Å². The first kappa shape index (κ1) is 28.3. The van der Waals surface area contributed by atoms with Gasteiger partial charge in [-0.2, -0.15) is 26.3 Å². The lowest BCUT2D eigenvalue weighted by atomic mass is 9.68. The zero-order valence-corrected chi connectivity index (χ0v) is 22.0. The number of amides is 1. The summed E-state index contributed by atoms with van der Waals surface area (Å²) in [5.74, 6) is -0.628. The topological polar surface area (TPSA) is 41.9 Å². The van der Waals surface area contributed by atoms with Gasteiger partial charge in [-0.3, -0.25) is 9.69 Å². The molecule has 2 aliphatic carbocycles. The summed E-state index contributed by atoms with van der Waals surface area (Å²) >= 11 is 0.704. The Labute approximate surface area is 217 Å². The molecule has 206 valence electrons. The molecule has 0 saturated heterocycles. The Balaban J connectivity index is 1.78. The van der Waals surface area contributed by atoms with Crippen molar-refractivity contribution in [3.05, 3.63) is 34.9 Å². The number of thioether (sulfide) groups is 1. The zero-order chi connectivity index (χ0) is 27.2. The molecule has 1 aliphatic heterocycles. The number of hydrogen-bond donors (Lipinski definition) is 0. The molecule has 1 amide bonds. The van der Waals surface area contributed by atoms with Crippen molar-refractivity contribution in [1.29, 1.82) is 0 Å². The molecular formula is C26H32F6N2O2S. The lowest BCUT2D eigenvalue weighted by molar-refractivity contribution is -0.145. The van der Waals surface area contributed by atoms with Crippen molar-refractivity contribution in [2.24, 2.45) is 10.4 Å². The van der Waals surface area contributed by atoms with E-state index >= 15 is 0 Å². The first-order chi connectivity index (χ1) is 17.2. The standard InChI is InChI=1S/C26H32F6N2O2S/c1-16(36-3)8-9-23(2)15-19-7-6-18(17-4-5-17)14-20(19)26(23)21(35)34(12-10-24(27,28)29)22(33-26)37-13-11-25(30,31)32/h6-7,14,16-17H,4-5,8-13,15H2,1-3H3. The van der Waals surface area contributed by atoms with E-state index in [1.54, 1.807) is 7.11 Å². The second-order valence-corrected chi connectivity index (χ2v) is 11.7. The third-order valence-corrected chi connectivity index (χ3v) is 8.79. The van der Waals surface area contributed by atoms with Gasteiger partial charge in [-0.05, 0) is 61.6 Å². The van der Waals surface area contributed by atoms with E-state index in [-0.39, 0.29) is 11.3 Å². The molecular weight excluding hydrogens is 518 g/mol. The van der Waals surface area contributed by atoms with Crippen molar-refractivity contribution in [1.82, 2.24) is 4.90 Å². The highest BCUT2D eigenvalue weighted by molar-refractivity contribution is 8.13. The number of carbonyl (C=O) groups excluding carboxylic acids is 1. The molecule has 4 rings (SSSR count). The number of ether oxygens (including phenoxy) is 1. The number of hydrogen-bond acceptors (Lipinski definition) is 4. The average molecular weight is 551 g/mol. The number of nitrogens with zero attached hydrogens (tertiary/aromatic N) is 2. The van der Waals surface area contributed by atoms with Crippen molar-refractivity contribution in [3.8, 4) is 0 Å². The Bertz CT molecular complexity index is 1050. The number of alkyl halides is 6. The molecule has 1 heterocycles. The summed E-state index contributed by atoms with van der Waals surface area (Å²) in [4.78, 5) is 20.0. The SMILES string of the molecule is COC(C)CCC1(C)Cc2ccc(C3CC3)cc2C12N=C(SCCC(F)(F)F)N(CCC(F)(F)F)C2=O. The summed E-state index contributed by atoms with van der Waals surface area (Å²) < 4.78 is 83.5. The first-order valence-electron chi connectivity index (χ1n) is 12.5. The van der Waals surface area contributed by atoms with E-state index in [0.29, 0.717) is 42.5 Å². The second kappa shape index (κ2) is 10.1. The van der Waals surface area contributed by atoms with Crippen molar-refractivity contribution in [2.75, 3.05) is 19.4 Å². The molecule has 0 N–H and O–H groups in total.